The Labute approximate surface area is 214 Å². The van der Waals surface area contributed by atoms with Crippen LogP contribution in [0.5, 0.6) is 11.5 Å². The SMILES string of the molecule is O=C(Nc1cccc(Oc2ccc3ncc(N4CCOCC4)nc3c2)c1)c1ccc(Cl)c(C(F)(F)F)c1. The van der Waals surface area contributed by atoms with Crippen molar-refractivity contribution < 1.29 is 27.4 Å². The van der Waals surface area contributed by atoms with Gasteiger partial charge in [0.1, 0.15) is 17.3 Å². The highest BCUT2D eigenvalue weighted by atomic mass is 35.5. The quantitative estimate of drug-likeness (QED) is 0.333. The molecule has 1 N–H and O–H groups in total. The normalized spacial score (nSPS) is 14.0. The van der Waals surface area contributed by atoms with Gasteiger partial charge in [-0.25, -0.2) is 4.98 Å². The molecule has 0 unspecified atom stereocenters. The van der Waals surface area contributed by atoms with Gasteiger partial charge in [-0.1, -0.05) is 17.7 Å². The summed E-state index contributed by atoms with van der Waals surface area (Å²) >= 11 is 5.64. The predicted molar refractivity (Wildman–Crippen MR) is 133 cm³/mol. The third-order valence-electron chi connectivity index (χ3n) is 5.70. The summed E-state index contributed by atoms with van der Waals surface area (Å²) in [6, 6.07) is 14.8. The number of halogens is 4. The third-order valence-corrected chi connectivity index (χ3v) is 6.03. The molecule has 7 nitrogen and oxygen atoms in total. The second-order valence-electron chi connectivity index (χ2n) is 8.25. The van der Waals surface area contributed by atoms with Crippen LogP contribution >= 0.6 is 11.6 Å². The van der Waals surface area contributed by atoms with E-state index in [1.165, 1.54) is 6.07 Å². The van der Waals surface area contributed by atoms with Gasteiger partial charge in [0.25, 0.3) is 5.91 Å². The fourth-order valence-corrected chi connectivity index (χ4v) is 4.07. The van der Waals surface area contributed by atoms with Crippen molar-refractivity contribution >= 4 is 40.0 Å². The molecular formula is C26H20ClF3N4O3. The van der Waals surface area contributed by atoms with Crippen molar-refractivity contribution in [2.45, 2.75) is 6.18 Å². The van der Waals surface area contributed by atoms with Gasteiger partial charge in [-0.05, 0) is 42.5 Å². The van der Waals surface area contributed by atoms with Crippen molar-refractivity contribution in [3.05, 3.63) is 83.0 Å². The molecular weight excluding hydrogens is 509 g/mol. The number of aromatic nitrogens is 2. The van der Waals surface area contributed by atoms with Gasteiger partial charge in [-0.15, -0.1) is 0 Å². The van der Waals surface area contributed by atoms with Crippen molar-refractivity contribution in [3.8, 4) is 11.5 Å². The first kappa shape index (κ1) is 24.8. The number of nitrogens with zero attached hydrogens (tertiary/aromatic N) is 3. The number of alkyl halides is 3. The van der Waals surface area contributed by atoms with Crippen molar-refractivity contribution in [2.75, 3.05) is 36.5 Å². The molecule has 37 heavy (non-hydrogen) atoms. The molecule has 1 aliphatic heterocycles. The van der Waals surface area contributed by atoms with Crippen molar-refractivity contribution in [1.29, 1.82) is 0 Å². The monoisotopic (exact) mass is 528 g/mol. The summed E-state index contributed by atoms with van der Waals surface area (Å²) in [5, 5.41) is 2.11. The molecule has 1 aromatic heterocycles. The summed E-state index contributed by atoms with van der Waals surface area (Å²) in [5.41, 5.74) is 0.476. The minimum Gasteiger partial charge on any atom is -0.457 e. The van der Waals surface area contributed by atoms with Crippen LogP contribution < -0.4 is 15.0 Å². The van der Waals surface area contributed by atoms with E-state index in [9.17, 15) is 18.0 Å². The Kier molecular flexibility index (Phi) is 6.86. The molecule has 0 atom stereocenters. The molecule has 0 aliphatic carbocycles. The van der Waals surface area contributed by atoms with E-state index < -0.39 is 22.7 Å². The zero-order valence-electron chi connectivity index (χ0n) is 19.3. The highest BCUT2D eigenvalue weighted by Crippen LogP contribution is 2.35. The van der Waals surface area contributed by atoms with Crippen molar-refractivity contribution in [3.63, 3.8) is 0 Å². The lowest BCUT2D eigenvalue weighted by Gasteiger charge is -2.27. The highest BCUT2D eigenvalue weighted by molar-refractivity contribution is 6.31. The van der Waals surface area contributed by atoms with Gasteiger partial charge < -0.3 is 19.7 Å². The Morgan fingerprint density at radius 1 is 1.00 bits per heavy atom. The fourth-order valence-electron chi connectivity index (χ4n) is 3.85. The summed E-state index contributed by atoms with van der Waals surface area (Å²) in [5.74, 6) is 0.975. The molecule has 1 aliphatic rings. The molecule has 190 valence electrons. The molecule has 0 spiro atoms. The smallest absolute Gasteiger partial charge is 0.417 e. The molecule has 5 rings (SSSR count). The summed E-state index contributed by atoms with van der Waals surface area (Å²) < 4.78 is 50.8. The van der Waals surface area contributed by atoms with Gasteiger partial charge in [0.2, 0.25) is 0 Å². The number of amides is 1. The molecule has 2 heterocycles. The number of hydrogen-bond donors (Lipinski definition) is 1. The van der Waals surface area contributed by atoms with Gasteiger partial charge in [-0.3, -0.25) is 9.78 Å². The molecule has 0 bridgehead atoms. The van der Waals surface area contributed by atoms with Crippen LogP contribution in [0.15, 0.2) is 66.9 Å². The number of fused-ring (bicyclic) bond motifs is 1. The van der Waals surface area contributed by atoms with Crippen LogP contribution in [0, 0.1) is 0 Å². The van der Waals surface area contributed by atoms with Crippen LogP contribution in [0.4, 0.5) is 24.7 Å². The Morgan fingerprint density at radius 2 is 1.78 bits per heavy atom. The van der Waals surface area contributed by atoms with Gasteiger partial charge in [0, 0.05) is 36.5 Å². The van der Waals surface area contributed by atoms with Crippen molar-refractivity contribution in [1.82, 2.24) is 9.97 Å². The lowest BCUT2D eigenvalue weighted by atomic mass is 10.1. The Bertz CT molecular complexity index is 1460. The van der Waals surface area contributed by atoms with E-state index in [0.717, 1.165) is 31.0 Å². The maximum Gasteiger partial charge on any atom is 0.417 e. The Morgan fingerprint density at radius 3 is 2.57 bits per heavy atom. The summed E-state index contributed by atoms with van der Waals surface area (Å²) in [7, 11) is 0. The van der Waals surface area contributed by atoms with Crippen LogP contribution in [0.3, 0.4) is 0 Å². The highest BCUT2D eigenvalue weighted by Gasteiger charge is 2.33. The number of nitrogens with one attached hydrogen (secondary N) is 1. The number of ether oxygens (including phenoxy) is 2. The number of carbonyl (C=O) groups is 1. The Balaban J connectivity index is 1.32. The molecule has 3 aromatic carbocycles. The number of anilines is 2. The number of hydrogen-bond acceptors (Lipinski definition) is 6. The minimum atomic E-state index is -4.67. The molecule has 0 radical (unpaired) electrons. The summed E-state index contributed by atoms with van der Waals surface area (Å²) in [4.78, 5) is 23.9. The first-order chi connectivity index (χ1) is 17.8. The standard InChI is InChI=1S/C26H20ClF3N4O3/c27-21-6-4-16(12-20(21)26(28,29)30)25(35)32-17-2-1-3-18(13-17)37-19-5-7-22-23(14-19)33-24(15-31-22)34-8-10-36-11-9-34/h1-7,12-15H,8-11H2,(H,32,35). The van der Waals surface area contributed by atoms with E-state index in [2.05, 4.69) is 15.2 Å². The molecule has 0 saturated carbocycles. The van der Waals surface area contributed by atoms with Crippen molar-refractivity contribution in [2.24, 2.45) is 0 Å². The van der Waals surface area contributed by atoms with Crippen LogP contribution in [-0.4, -0.2) is 42.2 Å². The zero-order chi connectivity index (χ0) is 26.0. The topological polar surface area (TPSA) is 76.6 Å². The van der Waals surface area contributed by atoms with E-state index in [1.54, 1.807) is 48.7 Å². The van der Waals surface area contributed by atoms with Crippen LogP contribution in [0.25, 0.3) is 11.0 Å². The van der Waals surface area contributed by atoms with Gasteiger partial charge in [0.05, 0.1) is 41.0 Å². The van der Waals surface area contributed by atoms with Gasteiger partial charge >= 0.3 is 6.18 Å². The van der Waals surface area contributed by atoms with Crippen LogP contribution in [0.1, 0.15) is 15.9 Å². The number of carbonyl (C=O) groups excluding carboxylic acids is 1. The maximum atomic E-state index is 13.1. The van der Waals surface area contributed by atoms with E-state index in [0.29, 0.717) is 41.4 Å². The largest absolute Gasteiger partial charge is 0.457 e. The maximum absolute atomic E-state index is 13.1. The number of morpholine rings is 1. The number of benzene rings is 3. The molecule has 1 fully saturated rings. The molecule has 1 saturated heterocycles. The minimum absolute atomic E-state index is 0.174. The second-order valence-corrected chi connectivity index (χ2v) is 8.66. The van der Waals surface area contributed by atoms with E-state index in [4.69, 9.17) is 26.1 Å². The summed E-state index contributed by atoms with van der Waals surface area (Å²) in [6.07, 6.45) is -2.94. The second kappa shape index (κ2) is 10.2. The van der Waals surface area contributed by atoms with Gasteiger partial charge in [0.15, 0.2) is 0 Å². The third kappa shape index (κ3) is 5.76. The van der Waals surface area contributed by atoms with Crippen LogP contribution in [-0.2, 0) is 10.9 Å². The average Bonchev–Trinajstić information content (AvgIpc) is 2.88. The van der Waals surface area contributed by atoms with E-state index >= 15 is 0 Å². The zero-order valence-corrected chi connectivity index (χ0v) is 20.0. The molecule has 4 aromatic rings. The lowest BCUT2D eigenvalue weighted by molar-refractivity contribution is -0.137. The lowest BCUT2D eigenvalue weighted by Crippen LogP contribution is -2.36. The van der Waals surface area contributed by atoms with Crippen LogP contribution in [0.2, 0.25) is 5.02 Å². The van der Waals surface area contributed by atoms with E-state index in [-0.39, 0.29) is 5.56 Å². The molecule has 11 heteroatoms. The number of rotatable bonds is 5. The van der Waals surface area contributed by atoms with E-state index in [1.807, 2.05) is 0 Å². The predicted octanol–water partition coefficient (Wildman–Crippen LogP) is 6.18. The molecule has 1 amide bonds. The summed E-state index contributed by atoms with van der Waals surface area (Å²) in [6.45, 7) is 2.75. The first-order valence-electron chi connectivity index (χ1n) is 11.3. The average molecular weight is 529 g/mol. The van der Waals surface area contributed by atoms with Gasteiger partial charge in [-0.2, -0.15) is 13.2 Å². The Hall–Kier alpha value is -3.89. The fraction of sp³-hybridized carbons (Fsp3) is 0.192. The first-order valence-corrected chi connectivity index (χ1v) is 11.7.